The molecule has 0 radical (unpaired) electrons. The van der Waals surface area contributed by atoms with Gasteiger partial charge in [-0.15, -0.1) is 5.10 Å². The molecule has 0 unspecified atom stereocenters. The first-order chi connectivity index (χ1) is 22.4. The summed E-state index contributed by atoms with van der Waals surface area (Å²) in [6, 6.07) is 30.7. The summed E-state index contributed by atoms with van der Waals surface area (Å²) < 4.78 is 2.65. The first-order valence-corrected chi connectivity index (χ1v) is 16.5. The molecule has 2 fully saturated rings. The van der Waals surface area contributed by atoms with E-state index in [2.05, 4.69) is 42.5 Å². The number of amides is 1. The lowest BCUT2D eigenvalue weighted by Gasteiger charge is -2.37. The van der Waals surface area contributed by atoms with Crippen LogP contribution in [0.3, 0.4) is 0 Å². The summed E-state index contributed by atoms with van der Waals surface area (Å²) >= 11 is 10.1. The highest BCUT2D eigenvalue weighted by atomic mass is 79.9. The summed E-state index contributed by atoms with van der Waals surface area (Å²) in [5, 5.41) is 13.6. The summed E-state index contributed by atoms with van der Waals surface area (Å²) in [6.45, 7) is 0.674. The van der Waals surface area contributed by atoms with E-state index in [-0.39, 0.29) is 17.7 Å². The number of anilines is 1. The summed E-state index contributed by atoms with van der Waals surface area (Å²) in [6.07, 6.45) is 1.72. The number of ketones is 1. The van der Waals surface area contributed by atoms with Crippen LogP contribution in [-0.4, -0.2) is 49.2 Å². The highest BCUT2D eigenvalue weighted by molar-refractivity contribution is 9.10. The van der Waals surface area contributed by atoms with Crippen LogP contribution < -0.4 is 5.32 Å². The smallest absolute Gasteiger partial charge is 0.250 e. The Morgan fingerprint density at radius 2 is 1.74 bits per heavy atom. The molecule has 1 amide bonds. The molecule has 3 aliphatic rings. The standard InChI is InChI=1S/C36H26BrClN6O2/c37-22-13-11-20(12-14-22)33(45)32-31(30-10-5-17-43(30)36(32)25-19-23(38)15-16-27(25)40-35(36)46)24-18-21-6-1-2-7-26(21)39-34(24)44-29-9-4-3-8-28(29)41-42-44/h1-4,6-9,11-16,18-19,30-32H,5,10,17H2,(H,40,46)/t30-,31-,32-,36+/m0/s1. The van der Waals surface area contributed by atoms with E-state index >= 15 is 4.79 Å². The molecule has 4 atom stereocenters. The Kier molecular flexibility index (Phi) is 6.22. The average Bonchev–Trinajstić information content (AvgIpc) is 3.84. The van der Waals surface area contributed by atoms with Gasteiger partial charge in [0, 0.05) is 49.2 Å². The molecule has 0 bridgehead atoms. The van der Waals surface area contributed by atoms with Crippen LogP contribution in [-0.2, 0) is 10.3 Å². The summed E-state index contributed by atoms with van der Waals surface area (Å²) in [5.74, 6) is -0.868. The van der Waals surface area contributed by atoms with Crippen LogP contribution in [0.5, 0.6) is 0 Å². The van der Waals surface area contributed by atoms with Gasteiger partial charge in [0.25, 0.3) is 0 Å². The molecular weight excluding hydrogens is 664 g/mol. The fourth-order valence-electron chi connectivity index (χ4n) is 8.23. The fourth-order valence-corrected chi connectivity index (χ4v) is 8.67. The van der Waals surface area contributed by atoms with E-state index in [1.165, 1.54) is 0 Å². The molecule has 46 heavy (non-hydrogen) atoms. The van der Waals surface area contributed by atoms with Gasteiger partial charge in [-0.25, -0.2) is 4.98 Å². The normalized spacial score (nSPS) is 23.7. The van der Waals surface area contributed by atoms with E-state index in [9.17, 15) is 4.79 Å². The van der Waals surface area contributed by atoms with Gasteiger partial charge in [-0.1, -0.05) is 75.2 Å². The van der Waals surface area contributed by atoms with E-state index in [4.69, 9.17) is 16.6 Å². The summed E-state index contributed by atoms with van der Waals surface area (Å²) in [5.41, 5.74) is 3.95. The molecule has 0 saturated carbocycles. The molecule has 8 nitrogen and oxygen atoms in total. The van der Waals surface area contributed by atoms with Crippen molar-refractivity contribution >= 4 is 66.8 Å². The molecule has 6 aromatic rings. The van der Waals surface area contributed by atoms with Gasteiger partial charge in [-0.3, -0.25) is 14.5 Å². The van der Waals surface area contributed by atoms with Crippen LogP contribution in [0.4, 0.5) is 5.69 Å². The lowest BCUT2D eigenvalue weighted by atomic mass is 9.68. The van der Waals surface area contributed by atoms with Crippen molar-refractivity contribution in [2.75, 3.05) is 11.9 Å². The number of carbonyl (C=O) groups excluding carboxylic acids is 2. The van der Waals surface area contributed by atoms with Crippen molar-refractivity contribution in [1.29, 1.82) is 0 Å². The minimum atomic E-state index is -1.26. The van der Waals surface area contributed by atoms with E-state index in [1.807, 2.05) is 84.9 Å². The third-order valence-corrected chi connectivity index (χ3v) is 10.8. The molecule has 1 spiro atoms. The number of rotatable bonds is 4. The zero-order valence-corrected chi connectivity index (χ0v) is 26.7. The number of para-hydroxylation sites is 2. The molecule has 1 N–H and O–H groups in total. The third kappa shape index (κ3) is 3.85. The zero-order chi connectivity index (χ0) is 31.2. The average molecular weight is 690 g/mol. The molecule has 5 heterocycles. The second-order valence-electron chi connectivity index (χ2n) is 12.3. The molecule has 2 saturated heterocycles. The van der Waals surface area contributed by atoms with Crippen molar-refractivity contribution in [3.8, 4) is 5.82 Å². The minimum Gasteiger partial charge on any atom is -0.324 e. The van der Waals surface area contributed by atoms with Crippen molar-refractivity contribution in [2.24, 2.45) is 5.92 Å². The number of fused-ring (bicyclic) bond motifs is 6. The number of hydrogen-bond donors (Lipinski definition) is 1. The van der Waals surface area contributed by atoms with Gasteiger partial charge in [0.15, 0.2) is 11.6 Å². The van der Waals surface area contributed by atoms with Gasteiger partial charge < -0.3 is 5.32 Å². The maximum Gasteiger partial charge on any atom is 0.250 e. The first-order valence-electron chi connectivity index (χ1n) is 15.3. The molecule has 10 heteroatoms. The molecule has 3 aliphatic heterocycles. The van der Waals surface area contributed by atoms with Gasteiger partial charge in [0.2, 0.25) is 5.91 Å². The maximum absolute atomic E-state index is 15.1. The van der Waals surface area contributed by atoms with Crippen molar-refractivity contribution in [3.05, 3.63) is 123 Å². The Morgan fingerprint density at radius 3 is 2.59 bits per heavy atom. The van der Waals surface area contributed by atoms with Gasteiger partial charge in [-0.2, -0.15) is 4.68 Å². The number of aromatic nitrogens is 4. The monoisotopic (exact) mass is 688 g/mol. The fraction of sp³-hybridized carbons (Fsp3) is 0.194. The van der Waals surface area contributed by atoms with Gasteiger partial charge in [-0.05, 0) is 74.0 Å². The topological polar surface area (TPSA) is 93.0 Å². The Hall–Kier alpha value is -4.44. The second kappa shape index (κ2) is 10.3. The predicted octanol–water partition coefficient (Wildman–Crippen LogP) is 7.29. The Labute approximate surface area is 277 Å². The van der Waals surface area contributed by atoms with E-state index in [1.54, 1.807) is 10.7 Å². The van der Waals surface area contributed by atoms with Crippen LogP contribution in [0.15, 0.2) is 102 Å². The number of Topliss-reactive ketones (excluding diaryl/α,β-unsaturated/α-hetero) is 1. The van der Waals surface area contributed by atoms with Crippen LogP contribution in [0, 0.1) is 5.92 Å². The number of pyridine rings is 1. The lowest BCUT2D eigenvalue weighted by molar-refractivity contribution is -0.127. The van der Waals surface area contributed by atoms with Crippen molar-refractivity contribution in [3.63, 3.8) is 0 Å². The van der Waals surface area contributed by atoms with E-state index < -0.39 is 17.4 Å². The van der Waals surface area contributed by atoms with E-state index in [0.29, 0.717) is 28.6 Å². The Bertz CT molecular complexity index is 2240. The number of hydrogen-bond acceptors (Lipinski definition) is 6. The number of halogens is 2. The van der Waals surface area contributed by atoms with Gasteiger partial charge in [0.05, 0.1) is 17.0 Å². The molecule has 0 aliphatic carbocycles. The second-order valence-corrected chi connectivity index (χ2v) is 13.6. The highest BCUT2D eigenvalue weighted by Gasteiger charge is 2.69. The van der Waals surface area contributed by atoms with Gasteiger partial charge in [0.1, 0.15) is 11.1 Å². The molecule has 226 valence electrons. The molecule has 9 rings (SSSR count). The zero-order valence-electron chi connectivity index (χ0n) is 24.4. The third-order valence-electron chi connectivity index (χ3n) is 10.0. The minimum absolute atomic E-state index is 0.0996. The summed E-state index contributed by atoms with van der Waals surface area (Å²) in [7, 11) is 0. The Morgan fingerprint density at radius 1 is 0.957 bits per heavy atom. The highest BCUT2D eigenvalue weighted by Crippen LogP contribution is 2.62. The lowest BCUT2D eigenvalue weighted by Crippen LogP contribution is -2.52. The van der Waals surface area contributed by atoms with E-state index in [0.717, 1.165) is 50.4 Å². The number of benzene rings is 4. The van der Waals surface area contributed by atoms with Crippen molar-refractivity contribution in [2.45, 2.75) is 30.3 Å². The summed E-state index contributed by atoms with van der Waals surface area (Å²) in [4.78, 5) is 37.2. The van der Waals surface area contributed by atoms with Crippen LogP contribution in [0.1, 0.15) is 40.2 Å². The van der Waals surface area contributed by atoms with Gasteiger partial charge >= 0.3 is 0 Å². The quantitative estimate of drug-likeness (QED) is 0.196. The van der Waals surface area contributed by atoms with Crippen molar-refractivity contribution < 1.29 is 9.59 Å². The molecule has 4 aromatic carbocycles. The van der Waals surface area contributed by atoms with Crippen LogP contribution in [0.25, 0.3) is 27.8 Å². The van der Waals surface area contributed by atoms with Crippen LogP contribution >= 0.6 is 27.5 Å². The maximum atomic E-state index is 15.1. The molecular formula is C36H26BrClN6O2. The molecule has 2 aromatic heterocycles. The Balaban J connectivity index is 1.36. The van der Waals surface area contributed by atoms with Crippen molar-refractivity contribution in [1.82, 2.24) is 24.9 Å². The SMILES string of the molecule is O=C(c1ccc(Br)cc1)[C@@H]1[C@@H](c2cc3ccccc3nc2-n2nnc3ccccc32)[C@@H]2CCCN2[C@@]12C(=O)Nc1ccc(Cl)cc12. The number of nitrogens with zero attached hydrogens (tertiary/aromatic N) is 5. The number of carbonyl (C=O) groups is 2. The van der Waals surface area contributed by atoms with Crippen LogP contribution in [0.2, 0.25) is 5.02 Å². The first kappa shape index (κ1) is 27.8. The largest absolute Gasteiger partial charge is 0.324 e. The number of nitrogens with one attached hydrogen (secondary N) is 1. The predicted molar refractivity (Wildman–Crippen MR) is 180 cm³/mol.